The van der Waals surface area contributed by atoms with Crippen LogP contribution in [0.15, 0.2) is 6.07 Å². The highest BCUT2D eigenvalue weighted by Crippen LogP contribution is 2.35. The molecule has 1 aromatic heterocycles. The molecule has 0 spiro atoms. The number of aromatic nitrogens is 2. The van der Waals surface area contributed by atoms with Gasteiger partial charge < -0.3 is 10.6 Å². The molecule has 1 heterocycles. The van der Waals surface area contributed by atoms with Crippen molar-refractivity contribution in [1.82, 2.24) is 9.97 Å². The van der Waals surface area contributed by atoms with Crippen molar-refractivity contribution in [3.63, 3.8) is 0 Å². The molecule has 1 aliphatic rings. The maximum absolute atomic E-state index is 4.44. The molecule has 0 radical (unpaired) electrons. The van der Waals surface area contributed by atoms with Gasteiger partial charge in [-0.25, -0.2) is 9.97 Å². The van der Waals surface area contributed by atoms with Gasteiger partial charge in [-0.2, -0.15) is 0 Å². The molecule has 2 rings (SSSR count). The van der Waals surface area contributed by atoms with E-state index in [0.29, 0.717) is 5.41 Å². The van der Waals surface area contributed by atoms with Crippen molar-refractivity contribution in [3.05, 3.63) is 11.9 Å². The van der Waals surface area contributed by atoms with Crippen molar-refractivity contribution in [2.45, 2.75) is 46.0 Å². The van der Waals surface area contributed by atoms with E-state index in [1.54, 1.807) is 0 Å². The van der Waals surface area contributed by atoms with E-state index in [4.69, 9.17) is 0 Å². The maximum atomic E-state index is 4.44. The van der Waals surface area contributed by atoms with Crippen molar-refractivity contribution in [1.29, 1.82) is 0 Å². The Hall–Kier alpha value is -1.32. The van der Waals surface area contributed by atoms with Crippen LogP contribution in [-0.4, -0.2) is 23.6 Å². The van der Waals surface area contributed by atoms with E-state index >= 15 is 0 Å². The van der Waals surface area contributed by atoms with Gasteiger partial charge in [-0.3, -0.25) is 0 Å². The van der Waals surface area contributed by atoms with Crippen LogP contribution in [0.25, 0.3) is 0 Å². The Morgan fingerprint density at radius 3 is 2.50 bits per heavy atom. The fourth-order valence-corrected chi connectivity index (χ4v) is 2.67. The minimum absolute atomic E-state index is 0.427. The third kappa shape index (κ3) is 3.34. The Kier molecular flexibility index (Phi) is 4.04. The van der Waals surface area contributed by atoms with Crippen LogP contribution in [0.2, 0.25) is 0 Å². The van der Waals surface area contributed by atoms with Crippen LogP contribution in [0.4, 0.5) is 11.6 Å². The Balaban J connectivity index is 1.98. The van der Waals surface area contributed by atoms with Crippen LogP contribution >= 0.6 is 0 Å². The fraction of sp³-hybridized carbons (Fsp3) is 0.714. The average molecular weight is 248 g/mol. The number of nitrogens with zero attached hydrogens (tertiary/aromatic N) is 2. The molecule has 0 saturated heterocycles. The van der Waals surface area contributed by atoms with Crippen LogP contribution in [0.1, 0.15) is 44.9 Å². The van der Waals surface area contributed by atoms with Crippen LogP contribution < -0.4 is 10.6 Å². The number of aryl methyl sites for hydroxylation is 1. The molecular formula is C14H24N4. The van der Waals surface area contributed by atoms with E-state index in [-0.39, 0.29) is 0 Å². The first-order valence-corrected chi connectivity index (χ1v) is 6.89. The molecule has 2 N–H and O–H groups in total. The third-order valence-corrected chi connectivity index (χ3v) is 3.85. The van der Waals surface area contributed by atoms with Crippen molar-refractivity contribution in [2.75, 3.05) is 24.2 Å². The predicted octanol–water partition coefficient (Wildman–Crippen LogP) is 3.21. The smallest absolute Gasteiger partial charge is 0.131 e. The molecule has 18 heavy (non-hydrogen) atoms. The van der Waals surface area contributed by atoms with E-state index in [1.807, 2.05) is 20.0 Å². The lowest BCUT2D eigenvalue weighted by Gasteiger charge is -2.33. The summed E-state index contributed by atoms with van der Waals surface area (Å²) in [4.78, 5) is 8.74. The molecule has 4 heteroatoms. The largest absolute Gasteiger partial charge is 0.373 e. The number of rotatable bonds is 4. The summed E-state index contributed by atoms with van der Waals surface area (Å²) in [5.41, 5.74) is 0.427. The van der Waals surface area contributed by atoms with Crippen molar-refractivity contribution in [3.8, 4) is 0 Å². The average Bonchev–Trinajstić information content (AvgIpc) is 2.37. The van der Waals surface area contributed by atoms with Crippen LogP contribution in [-0.2, 0) is 0 Å². The Labute approximate surface area is 110 Å². The zero-order valence-electron chi connectivity index (χ0n) is 11.7. The van der Waals surface area contributed by atoms with E-state index in [1.165, 1.54) is 32.1 Å². The molecule has 100 valence electrons. The Morgan fingerprint density at radius 2 is 1.83 bits per heavy atom. The second kappa shape index (κ2) is 5.55. The lowest BCUT2D eigenvalue weighted by molar-refractivity contribution is 0.233. The quantitative estimate of drug-likeness (QED) is 0.859. The summed E-state index contributed by atoms with van der Waals surface area (Å²) in [6.45, 7) is 5.31. The molecule has 0 bridgehead atoms. The Bertz CT molecular complexity index is 397. The van der Waals surface area contributed by atoms with Crippen LogP contribution in [0.5, 0.6) is 0 Å². The highest BCUT2D eigenvalue weighted by molar-refractivity contribution is 5.47. The van der Waals surface area contributed by atoms with Crippen molar-refractivity contribution < 1.29 is 0 Å². The molecule has 4 nitrogen and oxygen atoms in total. The lowest BCUT2D eigenvalue weighted by Crippen LogP contribution is -2.29. The van der Waals surface area contributed by atoms with Gasteiger partial charge in [0, 0.05) is 19.7 Å². The zero-order valence-corrected chi connectivity index (χ0v) is 11.7. The number of anilines is 2. The second-order valence-corrected chi connectivity index (χ2v) is 5.66. The SMILES string of the molecule is CNc1cc(NCC2(C)CCCCC2)nc(C)n1. The minimum atomic E-state index is 0.427. The molecule has 1 fully saturated rings. The second-order valence-electron chi connectivity index (χ2n) is 5.66. The highest BCUT2D eigenvalue weighted by Gasteiger charge is 2.26. The first-order chi connectivity index (χ1) is 8.61. The monoisotopic (exact) mass is 248 g/mol. The van der Waals surface area contributed by atoms with E-state index in [2.05, 4.69) is 27.5 Å². The number of hydrogen-bond acceptors (Lipinski definition) is 4. The van der Waals surface area contributed by atoms with Crippen LogP contribution in [0, 0.1) is 12.3 Å². The van der Waals surface area contributed by atoms with Gasteiger partial charge in [0.15, 0.2) is 0 Å². The zero-order chi connectivity index (χ0) is 13.0. The number of hydrogen-bond donors (Lipinski definition) is 2. The van der Waals surface area contributed by atoms with Gasteiger partial charge in [0.1, 0.15) is 17.5 Å². The summed E-state index contributed by atoms with van der Waals surface area (Å²) in [5, 5.41) is 6.54. The van der Waals surface area contributed by atoms with Crippen molar-refractivity contribution >= 4 is 11.6 Å². The predicted molar refractivity (Wildman–Crippen MR) is 76.0 cm³/mol. The topological polar surface area (TPSA) is 49.8 Å². The van der Waals surface area contributed by atoms with Crippen LogP contribution in [0.3, 0.4) is 0 Å². The molecule has 0 unspecified atom stereocenters. The lowest BCUT2D eigenvalue weighted by atomic mass is 9.76. The summed E-state index contributed by atoms with van der Waals surface area (Å²) >= 11 is 0. The van der Waals surface area contributed by atoms with Gasteiger partial charge >= 0.3 is 0 Å². The van der Waals surface area contributed by atoms with Crippen molar-refractivity contribution in [2.24, 2.45) is 5.41 Å². The summed E-state index contributed by atoms with van der Waals surface area (Å²) in [6.07, 6.45) is 6.77. The number of nitrogens with one attached hydrogen (secondary N) is 2. The van der Waals surface area contributed by atoms with Gasteiger partial charge in [0.05, 0.1) is 0 Å². The van der Waals surface area contributed by atoms with Gasteiger partial charge in [-0.05, 0) is 25.2 Å². The summed E-state index contributed by atoms with van der Waals surface area (Å²) in [6, 6.07) is 1.97. The summed E-state index contributed by atoms with van der Waals surface area (Å²) < 4.78 is 0. The normalized spacial score (nSPS) is 18.4. The Morgan fingerprint density at radius 1 is 1.17 bits per heavy atom. The van der Waals surface area contributed by atoms with E-state index in [0.717, 1.165) is 24.0 Å². The minimum Gasteiger partial charge on any atom is -0.373 e. The van der Waals surface area contributed by atoms with Gasteiger partial charge in [0.25, 0.3) is 0 Å². The maximum Gasteiger partial charge on any atom is 0.131 e. The van der Waals surface area contributed by atoms with E-state index < -0.39 is 0 Å². The van der Waals surface area contributed by atoms with Gasteiger partial charge in [0.2, 0.25) is 0 Å². The molecule has 0 amide bonds. The molecular weight excluding hydrogens is 224 g/mol. The first kappa shape index (κ1) is 13.1. The molecule has 0 aromatic carbocycles. The fourth-order valence-electron chi connectivity index (χ4n) is 2.67. The molecule has 0 atom stereocenters. The first-order valence-electron chi connectivity index (χ1n) is 6.89. The molecule has 1 aliphatic carbocycles. The standard InChI is InChI=1S/C14H24N4/c1-11-17-12(15-3)9-13(18-11)16-10-14(2)7-5-4-6-8-14/h9H,4-8,10H2,1-3H3,(H2,15,16,17,18). The molecule has 0 aliphatic heterocycles. The third-order valence-electron chi connectivity index (χ3n) is 3.85. The highest BCUT2D eigenvalue weighted by atomic mass is 15.1. The summed E-state index contributed by atoms with van der Waals surface area (Å²) in [7, 11) is 1.88. The molecule has 1 aromatic rings. The molecule has 1 saturated carbocycles. The van der Waals surface area contributed by atoms with Gasteiger partial charge in [-0.1, -0.05) is 26.2 Å². The van der Waals surface area contributed by atoms with Gasteiger partial charge in [-0.15, -0.1) is 0 Å². The summed E-state index contributed by atoms with van der Waals surface area (Å²) in [5.74, 6) is 2.61. The van der Waals surface area contributed by atoms with E-state index in [9.17, 15) is 0 Å².